The van der Waals surface area contributed by atoms with Gasteiger partial charge in [-0.3, -0.25) is 4.79 Å². The van der Waals surface area contributed by atoms with Gasteiger partial charge in [-0.15, -0.1) is 0 Å². The van der Waals surface area contributed by atoms with Crippen molar-refractivity contribution in [3.8, 4) is 34.5 Å². The van der Waals surface area contributed by atoms with Gasteiger partial charge in [-0.1, -0.05) is 174 Å². The van der Waals surface area contributed by atoms with E-state index in [4.69, 9.17) is 31.6 Å². The van der Waals surface area contributed by atoms with E-state index in [2.05, 4.69) is 213 Å². The number of fused-ring (bicyclic) bond motifs is 1. The summed E-state index contributed by atoms with van der Waals surface area (Å²) in [6.45, 7) is 59.1. The third-order valence-electron chi connectivity index (χ3n) is 18.3. The Hall–Kier alpha value is -2.47. The van der Waals surface area contributed by atoms with Crippen LogP contribution in [0.3, 0.4) is 0 Å². The van der Waals surface area contributed by atoms with E-state index < -0.39 is 53.8 Å². The topological polar surface area (TPSA) is 81.7 Å². The molecular formula is C63H116O8Si5. The zero-order chi connectivity index (χ0) is 58.1. The number of hydrogen-bond donors (Lipinski definition) is 0. The maximum Gasteiger partial charge on any atom is 0.306 e. The first kappa shape index (κ1) is 67.8. The molecule has 0 unspecified atom stereocenters. The normalized spacial score (nSPS) is 16.6. The summed E-state index contributed by atoms with van der Waals surface area (Å²) in [6, 6.07) is 8.37. The molecule has 0 aromatic heterocycles. The molecule has 0 N–H and O–H groups in total. The standard InChI is InChI=1S/C63H116O8Si5/c1-27-28-29-30-31-32-33-34-35-36-37-38-39-40-41-42-56(64)65-53-47-50-51(45-49(67-72(17,18)59(2,3)4)46-52(50)68-73(19,20)60(5,6)7)66-57(53)48-43-54(69-74(21,22)61(8,9)10)58(71-76(25,26)63(14,15)16)55(44-48)70-75(23,24)62(11,12)13/h34-35,43-46,53,57H,27-33,36-42,47H2,1-26H3/b35-34-/t53-,57-/m1/s1. The second-order valence-corrected chi connectivity index (χ2v) is 53.8. The van der Waals surface area contributed by atoms with Crippen LogP contribution in [-0.4, -0.2) is 53.7 Å². The highest BCUT2D eigenvalue weighted by atomic mass is 28.4. The van der Waals surface area contributed by atoms with E-state index in [0.29, 0.717) is 35.8 Å². The highest BCUT2D eigenvalue weighted by Gasteiger charge is 2.48. The van der Waals surface area contributed by atoms with Gasteiger partial charge in [-0.25, -0.2) is 0 Å². The molecule has 436 valence electrons. The number of ether oxygens (including phenoxy) is 2. The van der Waals surface area contributed by atoms with Crippen molar-refractivity contribution < 1.29 is 36.4 Å². The van der Waals surface area contributed by atoms with Gasteiger partial charge < -0.3 is 31.6 Å². The third kappa shape index (κ3) is 19.1. The highest BCUT2D eigenvalue weighted by molar-refractivity contribution is 6.77. The first-order chi connectivity index (χ1) is 34.5. The van der Waals surface area contributed by atoms with E-state index in [1.165, 1.54) is 51.4 Å². The summed E-state index contributed by atoms with van der Waals surface area (Å²) in [4.78, 5) is 14.3. The lowest BCUT2D eigenvalue weighted by Gasteiger charge is -2.42. The minimum atomic E-state index is -2.49. The lowest BCUT2D eigenvalue weighted by molar-refractivity contribution is -0.155. The number of carbonyl (C=O) groups is 1. The van der Waals surface area contributed by atoms with Crippen LogP contribution in [0.15, 0.2) is 36.4 Å². The van der Waals surface area contributed by atoms with Crippen LogP contribution in [-0.2, 0) is 16.0 Å². The molecule has 0 amide bonds. The lowest BCUT2D eigenvalue weighted by atomic mass is 9.93. The Morgan fingerprint density at radius 1 is 0.500 bits per heavy atom. The maximum absolute atomic E-state index is 14.3. The quantitative estimate of drug-likeness (QED) is 0.0379. The first-order valence-corrected chi connectivity index (χ1v) is 44.3. The molecule has 1 aliphatic rings. The predicted octanol–water partition coefficient (Wildman–Crippen LogP) is 21.2. The monoisotopic (exact) mass is 1140 g/mol. The SMILES string of the molecule is CCCCCCCC/C=C\CCCCCCCC(=O)O[C@@H]1Cc2c(cc(O[Si](C)(C)C(C)(C)C)cc2O[Si](C)(C)C(C)(C)C)O[C@@H]1c1cc(O[Si](C)(C)C(C)(C)C)c(O[Si](C)(C)C(C)(C)C)c(O[Si](C)(C)C(C)(C)C)c1. The maximum atomic E-state index is 14.3. The van der Waals surface area contributed by atoms with Gasteiger partial charge in [0.05, 0.1) is 0 Å². The average molecular weight is 1140 g/mol. The summed E-state index contributed by atoms with van der Waals surface area (Å²) in [7, 11) is -12.1. The van der Waals surface area contributed by atoms with Gasteiger partial charge in [0.25, 0.3) is 25.0 Å². The summed E-state index contributed by atoms with van der Waals surface area (Å²) >= 11 is 0. The van der Waals surface area contributed by atoms with Gasteiger partial charge in [0.15, 0.2) is 11.9 Å². The Morgan fingerprint density at radius 2 is 0.882 bits per heavy atom. The van der Waals surface area contributed by atoms with Crippen molar-refractivity contribution in [1.82, 2.24) is 0 Å². The summed E-state index contributed by atoms with van der Waals surface area (Å²) in [5, 5.41) is -0.422. The van der Waals surface area contributed by atoms with Crippen molar-refractivity contribution in [3.05, 3.63) is 47.5 Å². The predicted molar refractivity (Wildman–Crippen MR) is 338 cm³/mol. The molecule has 0 radical (unpaired) electrons. The van der Waals surface area contributed by atoms with Crippen molar-refractivity contribution in [3.63, 3.8) is 0 Å². The molecule has 0 fully saturated rings. The Kier molecular flexibility index (Phi) is 23.6. The molecule has 0 aliphatic carbocycles. The van der Waals surface area contributed by atoms with Crippen LogP contribution in [0.2, 0.25) is 90.7 Å². The van der Waals surface area contributed by atoms with Crippen molar-refractivity contribution >= 4 is 47.6 Å². The molecular weight excluding hydrogens is 1030 g/mol. The fourth-order valence-corrected chi connectivity index (χ4v) is 12.8. The van der Waals surface area contributed by atoms with E-state index in [0.717, 1.165) is 54.7 Å². The van der Waals surface area contributed by atoms with Crippen molar-refractivity contribution in [1.29, 1.82) is 0 Å². The Labute approximate surface area is 473 Å². The average Bonchev–Trinajstić information content (AvgIpc) is 3.23. The molecule has 0 saturated heterocycles. The molecule has 13 heteroatoms. The molecule has 76 heavy (non-hydrogen) atoms. The van der Waals surface area contributed by atoms with Gasteiger partial charge >= 0.3 is 5.97 Å². The van der Waals surface area contributed by atoms with Crippen LogP contribution in [0, 0.1) is 0 Å². The van der Waals surface area contributed by atoms with E-state index in [9.17, 15) is 4.79 Å². The smallest absolute Gasteiger partial charge is 0.306 e. The van der Waals surface area contributed by atoms with Gasteiger partial charge in [0.1, 0.15) is 34.9 Å². The number of rotatable bonds is 27. The van der Waals surface area contributed by atoms with Gasteiger partial charge in [-0.2, -0.15) is 0 Å². The summed E-state index contributed by atoms with van der Waals surface area (Å²) in [5.41, 5.74) is 1.72. The van der Waals surface area contributed by atoms with Crippen LogP contribution in [0.4, 0.5) is 0 Å². The molecule has 1 heterocycles. The largest absolute Gasteiger partial charge is 0.543 e. The van der Waals surface area contributed by atoms with Crippen LogP contribution in [0.25, 0.3) is 0 Å². The Morgan fingerprint density at radius 3 is 1.32 bits per heavy atom. The Bertz CT molecular complexity index is 2150. The zero-order valence-electron chi connectivity index (χ0n) is 54.0. The van der Waals surface area contributed by atoms with E-state index in [1.807, 2.05) is 0 Å². The molecule has 2 aromatic rings. The molecule has 0 bridgehead atoms. The van der Waals surface area contributed by atoms with Crippen LogP contribution in [0.5, 0.6) is 34.5 Å². The van der Waals surface area contributed by atoms with E-state index in [1.54, 1.807) is 0 Å². The molecule has 1 aliphatic heterocycles. The van der Waals surface area contributed by atoms with Gasteiger partial charge in [0, 0.05) is 36.1 Å². The second-order valence-electron chi connectivity index (χ2n) is 30.2. The minimum absolute atomic E-state index is 0.0363. The number of carbonyl (C=O) groups excluding carboxylic acids is 1. The fourth-order valence-electron chi connectivity index (χ4n) is 7.68. The molecule has 2 aromatic carbocycles. The van der Waals surface area contributed by atoms with Gasteiger partial charge in [-0.05, 0) is 135 Å². The third-order valence-corrected chi connectivity index (χ3v) is 40.0. The van der Waals surface area contributed by atoms with Crippen LogP contribution >= 0.6 is 0 Å². The number of allylic oxidation sites excluding steroid dienone is 2. The number of hydrogen-bond acceptors (Lipinski definition) is 8. The summed E-state index contributed by atoms with van der Waals surface area (Å²) in [6.07, 6.45) is 19.7. The summed E-state index contributed by atoms with van der Waals surface area (Å²) in [5.74, 6) is 3.93. The van der Waals surface area contributed by atoms with Gasteiger partial charge in [0.2, 0.25) is 16.6 Å². The fraction of sp³-hybridized carbons (Fsp3) is 0.762. The Balaban J connectivity index is 2.24. The molecule has 3 rings (SSSR count). The lowest BCUT2D eigenvalue weighted by Crippen LogP contribution is -2.47. The molecule has 0 spiro atoms. The van der Waals surface area contributed by atoms with E-state index >= 15 is 0 Å². The number of unbranched alkanes of at least 4 members (excludes halogenated alkanes) is 11. The minimum Gasteiger partial charge on any atom is -0.543 e. The number of esters is 1. The van der Waals surface area contributed by atoms with Crippen molar-refractivity contribution in [2.75, 3.05) is 0 Å². The summed E-state index contributed by atoms with van der Waals surface area (Å²) < 4.78 is 50.8. The zero-order valence-corrected chi connectivity index (χ0v) is 59.0. The highest BCUT2D eigenvalue weighted by Crippen LogP contribution is 2.53. The molecule has 2 atom stereocenters. The van der Waals surface area contributed by atoms with Crippen LogP contribution in [0.1, 0.15) is 218 Å². The van der Waals surface area contributed by atoms with Crippen molar-refractivity contribution in [2.24, 2.45) is 0 Å². The van der Waals surface area contributed by atoms with Crippen molar-refractivity contribution in [2.45, 2.75) is 310 Å². The van der Waals surface area contributed by atoms with Crippen LogP contribution < -0.4 is 26.9 Å². The molecule has 0 saturated carbocycles. The van der Waals surface area contributed by atoms with E-state index in [-0.39, 0.29) is 31.2 Å². The first-order valence-electron chi connectivity index (χ1n) is 29.8. The second kappa shape index (κ2) is 26.4. The number of benzene rings is 2. The molecule has 8 nitrogen and oxygen atoms in total.